The molecule has 0 bridgehead atoms. The standard InChI is InChI=1S/C17H13Br2NO/c1-10-3-4-12(5-11(10)2)16(9-20)17(21)13-6-14(18)8-15(19)7-13/h3-8,16H,1-2H3. The van der Waals surface area contributed by atoms with E-state index in [4.69, 9.17) is 0 Å². The molecule has 0 aliphatic heterocycles. The predicted molar refractivity (Wildman–Crippen MR) is 90.4 cm³/mol. The molecule has 0 amide bonds. The van der Waals surface area contributed by atoms with Gasteiger partial charge in [0.05, 0.1) is 6.07 Å². The van der Waals surface area contributed by atoms with Gasteiger partial charge in [0.1, 0.15) is 5.92 Å². The van der Waals surface area contributed by atoms with Crippen LogP contribution in [0.4, 0.5) is 0 Å². The third-order valence-electron chi connectivity index (χ3n) is 3.40. The molecule has 0 fully saturated rings. The molecule has 1 atom stereocenters. The maximum absolute atomic E-state index is 12.6. The van der Waals surface area contributed by atoms with Gasteiger partial charge >= 0.3 is 0 Å². The summed E-state index contributed by atoms with van der Waals surface area (Å²) >= 11 is 6.73. The van der Waals surface area contributed by atoms with Crippen molar-refractivity contribution >= 4 is 37.6 Å². The zero-order valence-corrected chi connectivity index (χ0v) is 14.8. The largest absolute Gasteiger partial charge is 0.292 e. The summed E-state index contributed by atoms with van der Waals surface area (Å²) in [4.78, 5) is 12.6. The van der Waals surface area contributed by atoms with Gasteiger partial charge < -0.3 is 0 Å². The van der Waals surface area contributed by atoms with E-state index in [2.05, 4.69) is 37.9 Å². The van der Waals surface area contributed by atoms with Gasteiger partial charge in [-0.25, -0.2) is 0 Å². The molecule has 0 spiro atoms. The van der Waals surface area contributed by atoms with Crippen LogP contribution in [-0.2, 0) is 0 Å². The quantitative estimate of drug-likeness (QED) is 0.647. The Hall–Kier alpha value is -1.44. The lowest BCUT2D eigenvalue weighted by Crippen LogP contribution is -2.11. The van der Waals surface area contributed by atoms with Gasteiger partial charge in [-0.3, -0.25) is 4.79 Å². The molecular weight excluding hydrogens is 394 g/mol. The first-order chi connectivity index (χ1) is 9.92. The molecule has 0 radical (unpaired) electrons. The molecule has 0 saturated carbocycles. The molecule has 4 heteroatoms. The van der Waals surface area contributed by atoms with Crippen LogP contribution in [0.3, 0.4) is 0 Å². The van der Waals surface area contributed by atoms with Crippen molar-refractivity contribution in [2.45, 2.75) is 19.8 Å². The van der Waals surface area contributed by atoms with Gasteiger partial charge in [-0.2, -0.15) is 5.26 Å². The van der Waals surface area contributed by atoms with Crippen LogP contribution >= 0.6 is 31.9 Å². The number of hydrogen-bond donors (Lipinski definition) is 0. The fraction of sp³-hybridized carbons (Fsp3) is 0.176. The van der Waals surface area contributed by atoms with Crippen molar-refractivity contribution in [3.63, 3.8) is 0 Å². The third kappa shape index (κ3) is 3.61. The first kappa shape index (κ1) is 15.9. The number of hydrogen-bond acceptors (Lipinski definition) is 2. The SMILES string of the molecule is Cc1ccc(C(C#N)C(=O)c2cc(Br)cc(Br)c2)cc1C. The summed E-state index contributed by atoms with van der Waals surface area (Å²) < 4.78 is 1.61. The van der Waals surface area contributed by atoms with Crippen LogP contribution in [0.25, 0.3) is 0 Å². The third-order valence-corrected chi connectivity index (χ3v) is 4.32. The summed E-state index contributed by atoms with van der Waals surface area (Å²) in [6.45, 7) is 3.99. The number of benzene rings is 2. The van der Waals surface area contributed by atoms with Gasteiger partial charge in [-0.15, -0.1) is 0 Å². The topological polar surface area (TPSA) is 40.9 Å². The smallest absolute Gasteiger partial charge is 0.184 e. The van der Waals surface area contributed by atoms with Crippen LogP contribution < -0.4 is 0 Å². The number of nitriles is 1. The van der Waals surface area contributed by atoms with E-state index in [1.54, 1.807) is 12.1 Å². The lowest BCUT2D eigenvalue weighted by Gasteiger charge is -2.11. The Morgan fingerprint density at radius 2 is 1.67 bits per heavy atom. The zero-order valence-electron chi connectivity index (χ0n) is 11.7. The summed E-state index contributed by atoms with van der Waals surface area (Å²) in [7, 11) is 0. The number of aryl methyl sites for hydroxylation is 2. The van der Waals surface area contributed by atoms with Crippen molar-refractivity contribution in [2.24, 2.45) is 0 Å². The molecule has 0 aromatic heterocycles. The summed E-state index contributed by atoms with van der Waals surface area (Å²) in [6.07, 6.45) is 0. The molecule has 2 nitrogen and oxygen atoms in total. The molecule has 2 aromatic carbocycles. The highest BCUT2D eigenvalue weighted by Gasteiger charge is 2.22. The number of ketones is 1. The number of carbonyl (C=O) groups is 1. The lowest BCUT2D eigenvalue weighted by atomic mass is 9.90. The molecule has 0 saturated heterocycles. The number of nitrogens with zero attached hydrogens (tertiary/aromatic N) is 1. The molecule has 1 unspecified atom stereocenters. The van der Waals surface area contributed by atoms with Gasteiger partial charge in [-0.05, 0) is 48.7 Å². The fourth-order valence-corrected chi connectivity index (χ4v) is 3.39. The molecule has 2 rings (SSSR count). The molecule has 0 aliphatic rings. The van der Waals surface area contributed by atoms with Crippen molar-refractivity contribution < 1.29 is 4.79 Å². The molecule has 2 aromatic rings. The van der Waals surface area contributed by atoms with Gasteiger partial charge in [0.2, 0.25) is 0 Å². The monoisotopic (exact) mass is 405 g/mol. The molecular formula is C17H13Br2NO. The van der Waals surface area contributed by atoms with Crippen molar-refractivity contribution in [1.82, 2.24) is 0 Å². The van der Waals surface area contributed by atoms with Gasteiger partial charge in [-0.1, -0.05) is 50.1 Å². The first-order valence-electron chi connectivity index (χ1n) is 6.39. The summed E-state index contributed by atoms with van der Waals surface area (Å²) in [5.41, 5.74) is 3.48. The van der Waals surface area contributed by atoms with E-state index in [1.165, 1.54) is 0 Å². The minimum absolute atomic E-state index is 0.192. The lowest BCUT2D eigenvalue weighted by molar-refractivity contribution is 0.0978. The van der Waals surface area contributed by atoms with Crippen molar-refractivity contribution in [3.8, 4) is 6.07 Å². The Balaban J connectivity index is 2.43. The second-order valence-corrected chi connectivity index (χ2v) is 6.76. The Labute approximate surface area is 141 Å². The molecule has 106 valence electrons. The second kappa shape index (κ2) is 6.55. The normalized spacial score (nSPS) is 11.8. The second-order valence-electron chi connectivity index (χ2n) is 4.93. The van der Waals surface area contributed by atoms with Crippen LogP contribution in [0.5, 0.6) is 0 Å². The average Bonchev–Trinajstić information content (AvgIpc) is 2.42. The van der Waals surface area contributed by atoms with E-state index < -0.39 is 5.92 Å². The first-order valence-corrected chi connectivity index (χ1v) is 7.98. The van der Waals surface area contributed by atoms with Crippen molar-refractivity contribution in [2.75, 3.05) is 0 Å². The van der Waals surface area contributed by atoms with Gasteiger partial charge in [0.25, 0.3) is 0 Å². The minimum Gasteiger partial charge on any atom is -0.292 e. The maximum atomic E-state index is 12.6. The number of rotatable bonds is 3. The van der Waals surface area contributed by atoms with Crippen LogP contribution in [0.2, 0.25) is 0 Å². The Kier molecular flexibility index (Phi) is 4.97. The zero-order chi connectivity index (χ0) is 15.6. The van der Waals surface area contributed by atoms with Crippen molar-refractivity contribution in [3.05, 3.63) is 67.6 Å². The van der Waals surface area contributed by atoms with Crippen LogP contribution in [0.1, 0.15) is 33.0 Å². The number of halogens is 2. The minimum atomic E-state index is -0.787. The van der Waals surface area contributed by atoms with E-state index in [9.17, 15) is 10.1 Å². The maximum Gasteiger partial charge on any atom is 0.184 e. The van der Waals surface area contributed by atoms with Gasteiger partial charge in [0, 0.05) is 14.5 Å². The number of carbonyl (C=O) groups excluding carboxylic acids is 1. The molecule has 0 aliphatic carbocycles. The molecule has 0 heterocycles. The van der Waals surface area contributed by atoms with Gasteiger partial charge in [0.15, 0.2) is 5.78 Å². The van der Waals surface area contributed by atoms with Crippen LogP contribution in [-0.4, -0.2) is 5.78 Å². The van der Waals surface area contributed by atoms with Crippen LogP contribution in [0, 0.1) is 25.2 Å². The summed E-state index contributed by atoms with van der Waals surface area (Å²) in [5, 5.41) is 9.42. The highest BCUT2D eigenvalue weighted by molar-refractivity contribution is 9.11. The molecule has 0 N–H and O–H groups in total. The molecule has 21 heavy (non-hydrogen) atoms. The highest BCUT2D eigenvalue weighted by Crippen LogP contribution is 2.26. The fourth-order valence-electron chi connectivity index (χ4n) is 2.09. The Bertz CT molecular complexity index is 727. The van der Waals surface area contributed by atoms with E-state index in [-0.39, 0.29) is 5.78 Å². The number of Topliss-reactive ketones (excluding diaryl/α,β-unsaturated/α-hetero) is 1. The average molecular weight is 407 g/mol. The van der Waals surface area contributed by atoms with E-state index in [1.807, 2.05) is 38.1 Å². The summed E-state index contributed by atoms with van der Waals surface area (Å²) in [6, 6.07) is 13.1. The van der Waals surface area contributed by atoms with E-state index >= 15 is 0 Å². The summed E-state index contributed by atoms with van der Waals surface area (Å²) in [5.74, 6) is -0.978. The van der Waals surface area contributed by atoms with E-state index in [0.717, 1.165) is 25.6 Å². The van der Waals surface area contributed by atoms with Crippen molar-refractivity contribution in [1.29, 1.82) is 5.26 Å². The van der Waals surface area contributed by atoms with E-state index in [0.29, 0.717) is 5.56 Å². The Morgan fingerprint density at radius 1 is 1.05 bits per heavy atom. The predicted octanol–water partition coefficient (Wildman–Crippen LogP) is 5.32. The van der Waals surface area contributed by atoms with Crippen LogP contribution in [0.15, 0.2) is 45.3 Å². The highest BCUT2D eigenvalue weighted by atomic mass is 79.9. The Morgan fingerprint density at radius 3 is 2.19 bits per heavy atom.